The second-order valence-corrected chi connectivity index (χ2v) is 6.60. The van der Waals surface area contributed by atoms with E-state index in [1.54, 1.807) is 29.2 Å². The number of thioether (sulfide) groups is 1. The standard InChI is InChI=1S/C20H20N2O2S/c1-3-14-9-5-7-11-16(14)21-20-22(4-2)19(24)18(25-20)13-15-10-6-8-12-17(15)23/h5-13,23H,3-4H2,1-2H3/b18-13+,21-20?. The van der Waals surface area contributed by atoms with Gasteiger partial charge in [0.05, 0.1) is 10.6 Å². The molecule has 1 aliphatic rings. The summed E-state index contributed by atoms with van der Waals surface area (Å²) in [6, 6.07) is 15.0. The van der Waals surface area contributed by atoms with Crippen molar-refractivity contribution in [1.82, 2.24) is 4.90 Å². The van der Waals surface area contributed by atoms with Gasteiger partial charge >= 0.3 is 0 Å². The summed E-state index contributed by atoms with van der Waals surface area (Å²) in [4.78, 5) is 19.6. The van der Waals surface area contributed by atoms with Crippen LogP contribution in [0.5, 0.6) is 5.75 Å². The predicted octanol–water partition coefficient (Wildman–Crippen LogP) is 4.58. The molecule has 3 rings (SSSR count). The van der Waals surface area contributed by atoms with E-state index in [9.17, 15) is 9.90 Å². The van der Waals surface area contributed by atoms with Crippen molar-refractivity contribution >= 4 is 34.6 Å². The molecule has 0 bridgehead atoms. The van der Waals surface area contributed by atoms with Gasteiger partial charge in [0.15, 0.2) is 5.17 Å². The number of phenols is 1. The van der Waals surface area contributed by atoms with Crippen molar-refractivity contribution < 1.29 is 9.90 Å². The van der Waals surface area contributed by atoms with Gasteiger partial charge in [-0.2, -0.15) is 0 Å². The van der Waals surface area contributed by atoms with E-state index in [1.807, 2.05) is 31.2 Å². The summed E-state index contributed by atoms with van der Waals surface area (Å²) in [5, 5.41) is 10.6. The third-order valence-corrected chi connectivity index (χ3v) is 5.02. The Bertz CT molecular complexity index is 858. The van der Waals surface area contributed by atoms with Crippen molar-refractivity contribution in [3.8, 4) is 5.75 Å². The van der Waals surface area contributed by atoms with Crippen molar-refractivity contribution in [2.45, 2.75) is 20.3 Å². The highest BCUT2D eigenvalue weighted by Crippen LogP contribution is 2.35. The monoisotopic (exact) mass is 352 g/mol. The lowest BCUT2D eigenvalue weighted by Crippen LogP contribution is -2.28. The summed E-state index contributed by atoms with van der Waals surface area (Å²) in [7, 11) is 0. The van der Waals surface area contributed by atoms with E-state index in [2.05, 4.69) is 13.0 Å². The molecule has 0 atom stereocenters. The molecule has 1 saturated heterocycles. The van der Waals surface area contributed by atoms with Gasteiger partial charge in [0.25, 0.3) is 5.91 Å². The fourth-order valence-electron chi connectivity index (χ4n) is 2.64. The third-order valence-electron chi connectivity index (χ3n) is 4.02. The molecule has 1 fully saturated rings. The number of phenolic OH excluding ortho intramolecular Hbond substituents is 1. The predicted molar refractivity (Wildman–Crippen MR) is 104 cm³/mol. The minimum atomic E-state index is -0.0801. The normalized spacial score (nSPS) is 17.7. The molecule has 2 aromatic rings. The number of rotatable bonds is 4. The number of likely N-dealkylation sites (N-methyl/N-ethyl adjacent to an activating group) is 1. The van der Waals surface area contributed by atoms with Gasteiger partial charge in [-0.1, -0.05) is 43.3 Å². The number of nitrogens with zero attached hydrogens (tertiary/aromatic N) is 2. The first-order chi connectivity index (χ1) is 12.1. The van der Waals surface area contributed by atoms with Crippen LogP contribution in [0.25, 0.3) is 6.08 Å². The Morgan fingerprint density at radius 3 is 2.56 bits per heavy atom. The highest BCUT2D eigenvalue weighted by Gasteiger charge is 2.32. The van der Waals surface area contributed by atoms with Gasteiger partial charge in [0, 0.05) is 12.1 Å². The Hall–Kier alpha value is -2.53. The van der Waals surface area contributed by atoms with Crippen LogP contribution < -0.4 is 0 Å². The number of hydrogen-bond donors (Lipinski definition) is 1. The third kappa shape index (κ3) is 3.61. The number of amides is 1. The van der Waals surface area contributed by atoms with Gasteiger partial charge in [0.2, 0.25) is 0 Å². The number of aryl methyl sites for hydroxylation is 1. The summed E-state index contributed by atoms with van der Waals surface area (Å²) in [6.07, 6.45) is 2.61. The van der Waals surface area contributed by atoms with Crippen LogP contribution in [0, 0.1) is 0 Å². The number of aromatic hydroxyl groups is 1. The highest BCUT2D eigenvalue weighted by molar-refractivity contribution is 8.18. The van der Waals surface area contributed by atoms with Gasteiger partial charge in [-0.15, -0.1) is 0 Å². The van der Waals surface area contributed by atoms with E-state index in [0.29, 0.717) is 22.2 Å². The smallest absolute Gasteiger partial charge is 0.266 e. The first-order valence-corrected chi connectivity index (χ1v) is 9.11. The van der Waals surface area contributed by atoms with Crippen LogP contribution in [-0.4, -0.2) is 27.6 Å². The van der Waals surface area contributed by atoms with Crippen molar-refractivity contribution in [2.75, 3.05) is 6.54 Å². The van der Waals surface area contributed by atoms with Crippen molar-refractivity contribution in [3.05, 3.63) is 64.6 Å². The maximum atomic E-state index is 12.7. The Morgan fingerprint density at radius 1 is 1.12 bits per heavy atom. The number of amidine groups is 1. The number of hydrogen-bond acceptors (Lipinski definition) is 4. The zero-order valence-corrected chi connectivity index (χ0v) is 15.1. The molecule has 0 radical (unpaired) electrons. The van der Waals surface area contributed by atoms with E-state index in [1.165, 1.54) is 11.8 Å². The van der Waals surface area contributed by atoms with Crippen molar-refractivity contribution in [2.24, 2.45) is 4.99 Å². The molecular weight excluding hydrogens is 332 g/mol. The van der Waals surface area contributed by atoms with E-state index in [4.69, 9.17) is 4.99 Å². The van der Waals surface area contributed by atoms with Gasteiger partial charge in [-0.05, 0) is 48.9 Å². The number of aliphatic imine (C=N–C) groups is 1. The molecule has 1 heterocycles. The van der Waals surface area contributed by atoms with Crippen LogP contribution in [0.1, 0.15) is 25.0 Å². The molecule has 0 aromatic heterocycles. The molecule has 0 saturated carbocycles. The van der Waals surface area contributed by atoms with Gasteiger partial charge < -0.3 is 5.11 Å². The zero-order chi connectivity index (χ0) is 17.8. The molecule has 25 heavy (non-hydrogen) atoms. The van der Waals surface area contributed by atoms with Crippen molar-refractivity contribution in [1.29, 1.82) is 0 Å². The average molecular weight is 352 g/mol. The lowest BCUT2D eigenvalue weighted by Gasteiger charge is -2.12. The van der Waals surface area contributed by atoms with Crippen LogP contribution in [0.4, 0.5) is 5.69 Å². The van der Waals surface area contributed by atoms with Gasteiger partial charge in [0.1, 0.15) is 5.75 Å². The van der Waals surface area contributed by atoms with Crippen LogP contribution >= 0.6 is 11.8 Å². The maximum Gasteiger partial charge on any atom is 0.266 e. The first kappa shape index (κ1) is 17.3. The molecule has 0 unspecified atom stereocenters. The summed E-state index contributed by atoms with van der Waals surface area (Å²) in [6.45, 7) is 4.58. The van der Waals surface area contributed by atoms with E-state index in [-0.39, 0.29) is 11.7 Å². The minimum absolute atomic E-state index is 0.0801. The first-order valence-electron chi connectivity index (χ1n) is 8.30. The number of carbonyl (C=O) groups excluding carboxylic acids is 1. The summed E-state index contributed by atoms with van der Waals surface area (Å²) in [5.74, 6) is 0.0802. The quantitative estimate of drug-likeness (QED) is 0.820. The van der Waals surface area contributed by atoms with E-state index in [0.717, 1.165) is 17.7 Å². The molecule has 1 amide bonds. The lowest BCUT2D eigenvalue weighted by atomic mass is 10.1. The molecule has 0 aliphatic carbocycles. The fourth-order valence-corrected chi connectivity index (χ4v) is 3.69. The average Bonchev–Trinajstić information content (AvgIpc) is 2.92. The summed E-state index contributed by atoms with van der Waals surface area (Å²) in [5.41, 5.74) is 2.67. The van der Waals surface area contributed by atoms with Gasteiger partial charge in [-0.25, -0.2) is 4.99 Å². The lowest BCUT2D eigenvalue weighted by molar-refractivity contribution is -0.122. The van der Waals surface area contributed by atoms with Crippen molar-refractivity contribution in [3.63, 3.8) is 0 Å². The molecule has 4 nitrogen and oxygen atoms in total. The molecular formula is C20H20N2O2S. The fraction of sp³-hybridized carbons (Fsp3) is 0.200. The SMILES string of the molecule is CCc1ccccc1N=C1S/C(=C/c2ccccc2O)C(=O)N1CC. The van der Waals surface area contributed by atoms with Gasteiger partial charge in [-0.3, -0.25) is 9.69 Å². The number of para-hydroxylation sites is 2. The summed E-state index contributed by atoms with van der Waals surface area (Å²) < 4.78 is 0. The molecule has 1 aliphatic heterocycles. The summed E-state index contributed by atoms with van der Waals surface area (Å²) >= 11 is 1.35. The zero-order valence-electron chi connectivity index (χ0n) is 14.3. The molecule has 5 heteroatoms. The van der Waals surface area contributed by atoms with Crippen LogP contribution in [0.3, 0.4) is 0 Å². The largest absolute Gasteiger partial charge is 0.507 e. The highest BCUT2D eigenvalue weighted by atomic mass is 32.2. The van der Waals surface area contributed by atoms with Crippen LogP contribution in [-0.2, 0) is 11.2 Å². The second kappa shape index (κ2) is 7.57. The molecule has 1 N–H and O–H groups in total. The molecule has 2 aromatic carbocycles. The molecule has 0 spiro atoms. The van der Waals surface area contributed by atoms with E-state index >= 15 is 0 Å². The topological polar surface area (TPSA) is 52.9 Å². The second-order valence-electron chi connectivity index (χ2n) is 5.60. The van der Waals surface area contributed by atoms with E-state index < -0.39 is 0 Å². The maximum absolute atomic E-state index is 12.7. The number of carbonyl (C=O) groups is 1. The number of benzene rings is 2. The van der Waals surface area contributed by atoms with Crippen LogP contribution in [0.15, 0.2) is 58.4 Å². The Morgan fingerprint density at radius 2 is 1.84 bits per heavy atom. The Kier molecular flexibility index (Phi) is 5.24. The molecule has 128 valence electrons. The Labute approximate surface area is 151 Å². The van der Waals surface area contributed by atoms with Crippen LogP contribution in [0.2, 0.25) is 0 Å². The minimum Gasteiger partial charge on any atom is -0.507 e. The Balaban J connectivity index is 1.98.